The van der Waals surface area contributed by atoms with Crippen LogP contribution in [0.25, 0.3) is 10.9 Å². The van der Waals surface area contributed by atoms with Gasteiger partial charge in [0.15, 0.2) is 0 Å². The molecule has 3 aromatic rings. The van der Waals surface area contributed by atoms with Crippen LogP contribution in [0.2, 0.25) is 5.02 Å². The summed E-state index contributed by atoms with van der Waals surface area (Å²) < 4.78 is 0. The zero-order valence-corrected chi connectivity index (χ0v) is 13.1. The molecule has 0 saturated carbocycles. The van der Waals surface area contributed by atoms with Crippen LogP contribution in [0.3, 0.4) is 0 Å². The third-order valence-electron chi connectivity index (χ3n) is 3.93. The average molecular weight is 299 g/mol. The summed E-state index contributed by atoms with van der Waals surface area (Å²) in [7, 11) is 0. The number of para-hydroxylation sites is 1. The van der Waals surface area contributed by atoms with Crippen LogP contribution in [0.1, 0.15) is 23.6 Å². The maximum Gasteiger partial charge on any atom is 0.0472 e. The van der Waals surface area contributed by atoms with Gasteiger partial charge in [-0.2, -0.15) is 0 Å². The van der Waals surface area contributed by atoms with Crippen LogP contribution >= 0.6 is 11.6 Å². The molecule has 0 unspecified atom stereocenters. The molecule has 3 heteroatoms. The Kier molecular flexibility index (Phi) is 3.89. The van der Waals surface area contributed by atoms with E-state index in [1.54, 1.807) is 0 Å². The van der Waals surface area contributed by atoms with E-state index in [2.05, 4.69) is 54.6 Å². The summed E-state index contributed by atoms with van der Waals surface area (Å²) >= 11 is 6.03. The minimum Gasteiger partial charge on any atom is -0.380 e. The van der Waals surface area contributed by atoms with E-state index in [0.717, 1.165) is 23.5 Å². The van der Waals surface area contributed by atoms with Crippen molar-refractivity contribution in [1.29, 1.82) is 0 Å². The second kappa shape index (κ2) is 5.82. The lowest BCUT2D eigenvalue weighted by Crippen LogP contribution is -2.03. The summed E-state index contributed by atoms with van der Waals surface area (Å²) in [4.78, 5) is 3.28. The molecule has 0 bridgehead atoms. The van der Waals surface area contributed by atoms with Gasteiger partial charge in [-0.15, -0.1) is 0 Å². The summed E-state index contributed by atoms with van der Waals surface area (Å²) in [5, 5.41) is 5.57. The van der Waals surface area contributed by atoms with Gasteiger partial charge >= 0.3 is 0 Å². The molecule has 1 heterocycles. The normalized spacial score (nSPS) is 11.0. The SMILES string of the molecule is CCc1cccc(C)c1NCc1c[nH]c2cc(Cl)ccc12. The number of hydrogen-bond acceptors (Lipinski definition) is 1. The van der Waals surface area contributed by atoms with Crippen molar-refractivity contribution in [3.8, 4) is 0 Å². The fraction of sp³-hybridized carbons (Fsp3) is 0.222. The summed E-state index contributed by atoms with van der Waals surface area (Å²) in [5.74, 6) is 0. The Bertz CT molecular complexity index is 774. The standard InChI is InChI=1S/C18H19ClN2/c1-3-13-6-4-5-12(2)18(13)21-11-14-10-20-17-9-15(19)7-8-16(14)17/h4-10,20-21H,3,11H2,1-2H3. The molecular weight excluding hydrogens is 280 g/mol. The molecule has 0 saturated heterocycles. The molecule has 0 aliphatic carbocycles. The third kappa shape index (κ3) is 2.77. The number of rotatable bonds is 4. The van der Waals surface area contributed by atoms with E-state index < -0.39 is 0 Å². The number of aromatic amines is 1. The molecule has 1 aromatic heterocycles. The Morgan fingerprint density at radius 1 is 1.14 bits per heavy atom. The molecule has 0 atom stereocenters. The van der Waals surface area contributed by atoms with E-state index in [-0.39, 0.29) is 0 Å². The quantitative estimate of drug-likeness (QED) is 0.671. The predicted molar refractivity (Wildman–Crippen MR) is 91.2 cm³/mol. The fourth-order valence-electron chi connectivity index (χ4n) is 2.76. The van der Waals surface area contributed by atoms with Gasteiger partial charge in [0, 0.05) is 34.4 Å². The average Bonchev–Trinajstić information content (AvgIpc) is 2.88. The molecule has 2 aromatic carbocycles. The Morgan fingerprint density at radius 2 is 2.00 bits per heavy atom. The number of fused-ring (bicyclic) bond motifs is 1. The largest absolute Gasteiger partial charge is 0.380 e. The van der Waals surface area contributed by atoms with Crippen LogP contribution in [0.5, 0.6) is 0 Å². The van der Waals surface area contributed by atoms with Crippen LogP contribution in [-0.4, -0.2) is 4.98 Å². The van der Waals surface area contributed by atoms with Crippen molar-refractivity contribution in [3.63, 3.8) is 0 Å². The lowest BCUT2D eigenvalue weighted by atomic mass is 10.1. The third-order valence-corrected chi connectivity index (χ3v) is 4.16. The van der Waals surface area contributed by atoms with Gasteiger partial charge in [0.2, 0.25) is 0 Å². The van der Waals surface area contributed by atoms with Crippen molar-refractivity contribution in [2.75, 3.05) is 5.32 Å². The molecule has 0 spiro atoms. The molecule has 0 aliphatic heterocycles. The van der Waals surface area contributed by atoms with E-state index in [1.807, 2.05) is 12.1 Å². The summed E-state index contributed by atoms with van der Waals surface area (Å²) in [6, 6.07) is 12.4. The van der Waals surface area contributed by atoms with Crippen LogP contribution in [-0.2, 0) is 13.0 Å². The molecular formula is C18H19ClN2. The highest BCUT2D eigenvalue weighted by atomic mass is 35.5. The van der Waals surface area contributed by atoms with Crippen molar-refractivity contribution in [1.82, 2.24) is 4.98 Å². The van der Waals surface area contributed by atoms with Gasteiger partial charge in [-0.05, 0) is 42.2 Å². The first-order chi connectivity index (χ1) is 10.2. The van der Waals surface area contributed by atoms with Crippen molar-refractivity contribution in [2.45, 2.75) is 26.8 Å². The Hall–Kier alpha value is -1.93. The van der Waals surface area contributed by atoms with E-state index >= 15 is 0 Å². The molecule has 3 rings (SSSR count). The van der Waals surface area contributed by atoms with Crippen molar-refractivity contribution in [3.05, 3.63) is 64.3 Å². The number of aryl methyl sites for hydroxylation is 2. The van der Waals surface area contributed by atoms with Gasteiger partial charge in [-0.3, -0.25) is 0 Å². The second-order valence-corrected chi connectivity index (χ2v) is 5.76. The van der Waals surface area contributed by atoms with Crippen molar-refractivity contribution in [2.24, 2.45) is 0 Å². The molecule has 2 N–H and O–H groups in total. The van der Waals surface area contributed by atoms with Gasteiger partial charge < -0.3 is 10.3 Å². The lowest BCUT2D eigenvalue weighted by Gasteiger charge is -2.13. The van der Waals surface area contributed by atoms with Crippen LogP contribution in [0.15, 0.2) is 42.6 Å². The van der Waals surface area contributed by atoms with Crippen molar-refractivity contribution < 1.29 is 0 Å². The second-order valence-electron chi connectivity index (χ2n) is 5.32. The maximum absolute atomic E-state index is 6.03. The van der Waals surface area contributed by atoms with Gasteiger partial charge in [0.25, 0.3) is 0 Å². The summed E-state index contributed by atoms with van der Waals surface area (Å²) in [6.45, 7) is 5.14. The first-order valence-electron chi connectivity index (χ1n) is 7.27. The van der Waals surface area contributed by atoms with Crippen LogP contribution in [0, 0.1) is 6.92 Å². The minimum absolute atomic E-state index is 0.760. The van der Waals surface area contributed by atoms with Crippen LogP contribution in [0.4, 0.5) is 5.69 Å². The van der Waals surface area contributed by atoms with E-state index in [0.29, 0.717) is 0 Å². The number of benzene rings is 2. The van der Waals surface area contributed by atoms with Gasteiger partial charge in [0.05, 0.1) is 0 Å². The fourth-order valence-corrected chi connectivity index (χ4v) is 2.94. The number of hydrogen-bond donors (Lipinski definition) is 2. The Balaban J connectivity index is 1.87. The van der Waals surface area contributed by atoms with Crippen molar-refractivity contribution >= 4 is 28.2 Å². The number of halogens is 1. The number of nitrogens with one attached hydrogen (secondary N) is 2. The molecule has 0 radical (unpaired) electrons. The highest BCUT2D eigenvalue weighted by molar-refractivity contribution is 6.31. The summed E-state index contributed by atoms with van der Waals surface area (Å²) in [6.07, 6.45) is 3.09. The first-order valence-corrected chi connectivity index (χ1v) is 7.64. The predicted octanol–water partition coefficient (Wildman–Crippen LogP) is 5.30. The number of H-pyrrole nitrogens is 1. The molecule has 0 aliphatic rings. The van der Waals surface area contributed by atoms with Gasteiger partial charge in [0.1, 0.15) is 0 Å². The van der Waals surface area contributed by atoms with E-state index in [9.17, 15) is 0 Å². The van der Waals surface area contributed by atoms with Gasteiger partial charge in [-0.25, -0.2) is 0 Å². The zero-order valence-electron chi connectivity index (χ0n) is 12.3. The molecule has 0 amide bonds. The Morgan fingerprint density at radius 3 is 2.81 bits per heavy atom. The first kappa shape index (κ1) is 14.0. The zero-order chi connectivity index (χ0) is 14.8. The smallest absolute Gasteiger partial charge is 0.0472 e. The molecule has 108 valence electrons. The Labute approximate surface area is 130 Å². The van der Waals surface area contributed by atoms with E-state index in [1.165, 1.54) is 27.8 Å². The topological polar surface area (TPSA) is 27.8 Å². The van der Waals surface area contributed by atoms with E-state index in [4.69, 9.17) is 11.6 Å². The van der Waals surface area contributed by atoms with Gasteiger partial charge in [-0.1, -0.05) is 42.8 Å². The monoisotopic (exact) mass is 298 g/mol. The highest BCUT2D eigenvalue weighted by Gasteiger charge is 2.07. The molecule has 2 nitrogen and oxygen atoms in total. The number of aromatic nitrogens is 1. The maximum atomic E-state index is 6.03. The summed E-state index contributed by atoms with van der Waals surface area (Å²) in [5.41, 5.74) is 6.24. The lowest BCUT2D eigenvalue weighted by molar-refractivity contribution is 1.09. The van der Waals surface area contributed by atoms with Crippen LogP contribution < -0.4 is 5.32 Å². The minimum atomic E-state index is 0.760. The molecule has 0 fully saturated rings. The molecule has 21 heavy (non-hydrogen) atoms. The highest BCUT2D eigenvalue weighted by Crippen LogP contribution is 2.25. The number of anilines is 1.